The van der Waals surface area contributed by atoms with Gasteiger partial charge in [0.2, 0.25) is 11.9 Å². The minimum Gasteiger partial charge on any atom is -0.444 e. The fourth-order valence-corrected chi connectivity index (χ4v) is 4.52. The molecule has 0 aromatic rings. The van der Waals surface area contributed by atoms with Gasteiger partial charge in [-0.3, -0.25) is 20.4 Å². The van der Waals surface area contributed by atoms with Crippen molar-refractivity contribution in [2.24, 2.45) is 4.99 Å². The molecule has 53 heavy (non-hydrogen) atoms. The summed E-state index contributed by atoms with van der Waals surface area (Å²) < 4.78 is 21.3. The minimum atomic E-state index is -0.720. The maximum Gasteiger partial charge on any atom is 0.414 e. The fraction of sp³-hybridized carbons (Fsp3) is 0.842. The highest BCUT2D eigenvalue weighted by molar-refractivity contribution is 6.01. The zero-order chi connectivity index (χ0) is 40.7. The first-order valence-corrected chi connectivity index (χ1v) is 19.1. The second-order valence-corrected chi connectivity index (χ2v) is 17.0. The highest BCUT2D eigenvalue weighted by atomic mass is 16.6. The van der Waals surface area contributed by atoms with Gasteiger partial charge in [0.15, 0.2) is 0 Å². The van der Waals surface area contributed by atoms with Crippen LogP contribution in [0.5, 0.6) is 0 Å². The number of nitrogens with one attached hydrogen (secondary N) is 4. The summed E-state index contributed by atoms with van der Waals surface area (Å²) in [4.78, 5) is 67.4. The largest absolute Gasteiger partial charge is 0.444 e. The number of carbonyl (C=O) groups is 5. The molecule has 0 saturated heterocycles. The van der Waals surface area contributed by atoms with E-state index >= 15 is 0 Å². The van der Waals surface area contributed by atoms with Crippen molar-refractivity contribution in [1.29, 1.82) is 0 Å². The summed E-state index contributed by atoms with van der Waals surface area (Å²) in [7, 11) is 0. The third-order valence-electron chi connectivity index (χ3n) is 6.67. The Kier molecular flexibility index (Phi) is 22.8. The maximum absolute atomic E-state index is 12.7. The van der Waals surface area contributed by atoms with E-state index in [2.05, 4.69) is 26.3 Å². The van der Waals surface area contributed by atoms with Gasteiger partial charge >= 0.3 is 24.4 Å². The number of hydrogen-bond acceptors (Lipinski definition) is 10. The first-order valence-electron chi connectivity index (χ1n) is 19.1. The van der Waals surface area contributed by atoms with Crippen molar-refractivity contribution in [2.75, 3.05) is 32.7 Å². The molecule has 0 heterocycles. The van der Waals surface area contributed by atoms with Crippen LogP contribution in [0.3, 0.4) is 0 Å². The van der Waals surface area contributed by atoms with Crippen LogP contribution in [-0.4, -0.2) is 96.3 Å². The van der Waals surface area contributed by atoms with Crippen molar-refractivity contribution < 1.29 is 42.9 Å². The van der Waals surface area contributed by atoms with Crippen LogP contribution in [-0.2, 0) is 23.7 Å². The minimum absolute atomic E-state index is 0.0175. The first kappa shape index (κ1) is 49.2. The predicted molar refractivity (Wildman–Crippen MR) is 207 cm³/mol. The van der Waals surface area contributed by atoms with E-state index in [9.17, 15) is 24.0 Å². The van der Waals surface area contributed by atoms with Gasteiger partial charge in [0.1, 0.15) is 22.4 Å². The van der Waals surface area contributed by atoms with Crippen molar-refractivity contribution in [3.63, 3.8) is 0 Å². The van der Waals surface area contributed by atoms with Crippen LogP contribution in [0.15, 0.2) is 4.99 Å². The number of guanidine groups is 1. The normalized spacial score (nSPS) is 11.8. The second kappa shape index (κ2) is 24.5. The molecule has 5 amide bonds. The Morgan fingerprint density at radius 2 is 0.925 bits per heavy atom. The molecule has 0 saturated carbocycles. The predicted octanol–water partition coefficient (Wildman–Crippen LogP) is 7.56. The van der Waals surface area contributed by atoms with Gasteiger partial charge in [-0.15, -0.1) is 0 Å². The summed E-state index contributed by atoms with van der Waals surface area (Å²) in [6, 6.07) is 0. The summed E-state index contributed by atoms with van der Waals surface area (Å²) in [5.74, 6) is 0.00644. The third kappa shape index (κ3) is 32.6. The molecule has 15 nitrogen and oxygen atoms in total. The van der Waals surface area contributed by atoms with Crippen LogP contribution in [0.1, 0.15) is 154 Å². The van der Waals surface area contributed by atoms with Crippen LogP contribution in [0.2, 0.25) is 0 Å². The van der Waals surface area contributed by atoms with Gasteiger partial charge < -0.3 is 34.5 Å². The zero-order valence-electron chi connectivity index (χ0n) is 34.9. The molecule has 0 aromatic heterocycles. The van der Waals surface area contributed by atoms with Crippen molar-refractivity contribution in [3.05, 3.63) is 0 Å². The van der Waals surface area contributed by atoms with Crippen molar-refractivity contribution in [3.8, 4) is 0 Å². The van der Waals surface area contributed by atoms with Crippen molar-refractivity contribution >= 4 is 36.2 Å². The van der Waals surface area contributed by atoms with Gasteiger partial charge in [-0.2, -0.15) is 0 Å². The van der Waals surface area contributed by atoms with Crippen LogP contribution in [0.4, 0.5) is 19.2 Å². The molecule has 0 fully saturated rings. The Morgan fingerprint density at radius 1 is 0.491 bits per heavy atom. The van der Waals surface area contributed by atoms with Gasteiger partial charge in [-0.25, -0.2) is 19.2 Å². The first-order chi connectivity index (χ1) is 24.3. The Balaban J connectivity index is 4.35. The molecule has 0 spiro atoms. The van der Waals surface area contributed by atoms with E-state index in [-0.39, 0.29) is 11.9 Å². The Hall–Kier alpha value is -3.78. The monoisotopic (exact) mass is 757 g/mol. The maximum atomic E-state index is 12.7. The Labute approximate surface area is 318 Å². The van der Waals surface area contributed by atoms with Gasteiger partial charge in [-0.05, 0) is 115 Å². The molecular weight excluding hydrogens is 684 g/mol. The Morgan fingerprint density at radius 3 is 1.43 bits per heavy atom. The molecule has 0 aromatic carbocycles. The van der Waals surface area contributed by atoms with Gasteiger partial charge in [-0.1, -0.05) is 32.1 Å². The Bertz CT molecular complexity index is 1120. The lowest BCUT2D eigenvalue weighted by molar-refractivity contribution is -0.121. The molecule has 308 valence electrons. The van der Waals surface area contributed by atoms with E-state index < -0.39 is 46.8 Å². The molecule has 0 unspecified atom stereocenters. The standard InChI is InChI=1S/C38H72N6O9/c1-35(2,3)50-31(46)41-26-22-28-44(34(49)53-38(10,11)12)27-21-20-24-39-29(45)23-18-16-14-13-15-17-19-25-40-30(42-32(47)51-36(4,5)6)43-33(48)52-37(7,8)9/h13-28H2,1-12H3,(H,39,45)(H,41,46)(H2,40,42,43,47,48). The number of alkyl carbamates (subject to hydrolysis) is 3. The van der Waals surface area contributed by atoms with E-state index in [0.29, 0.717) is 52.0 Å². The van der Waals surface area contributed by atoms with Gasteiger partial charge in [0.05, 0.1) is 0 Å². The van der Waals surface area contributed by atoms with Crippen LogP contribution in [0, 0.1) is 0 Å². The lowest BCUT2D eigenvalue weighted by atomic mass is 10.1. The third-order valence-corrected chi connectivity index (χ3v) is 6.67. The molecule has 0 atom stereocenters. The van der Waals surface area contributed by atoms with E-state index in [1.54, 1.807) is 67.2 Å². The summed E-state index contributed by atoms with van der Waals surface area (Å²) in [6.45, 7) is 23.5. The van der Waals surface area contributed by atoms with Crippen molar-refractivity contribution in [1.82, 2.24) is 26.2 Å². The SMILES string of the molecule is CC(C)(C)OC(=O)NCCCN(CCCCNC(=O)CCCCCCCCCN=C(NC(=O)OC(C)(C)C)NC(=O)OC(C)(C)C)C(=O)OC(C)(C)C. The fourth-order valence-electron chi connectivity index (χ4n) is 4.52. The smallest absolute Gasteiger partial charge is 0.414 e. The number of nitrogens with zero attached hydrogens (tertiary/aromatic N) is 2. The molecule has 0 aliphatic rings. The quantitative estimate of drug-likeness (QED) is 0.0447. The molecule has 15 heteroatoms. The lowest BCUT2D eigenvalue weighted by Crippen LogP contribution is -2.47. The molecule has 0 radical (unpaired) electrons. The highest BCUT2D eigenvalue weighted by Crippen LogP contribution is 2.13. The average molecular weight is 757 g/mol. The molecule has 0 aliphatic carbocycles. The number of unbranched alkanes of at least 4 members (excludes halogenated alkanes) is 7. The number of rotatable bonds is 19. The number of hydrogen-bond donors (Lipinski definition) is 4. The van der Waals surface area contributed by atoms with E-state index in [1.165, 1.54) is 0 Å². The lowest BCUT2D eigenvalue weighted by Gasteiger charge is -2.27. The summed E-state index contributed by atoms with van der Waals surface area (Å²) >= 11 is 0. The van der Waals surface area contributed by atoms with Crippen LogP contribution >= 0.6 is 0 Å². The van der Waals surface area contributed by atoms with Gasteiger partial charge in [0, 0.05) is 39.1 Å². The van der Waals surface area contributed by atoms with Crippen molar-refractivity contribution in [2.45, 2.75) is 176 Å². The van der Waals surface area contributed by atoms with E-state index in [1.807, 2.05) is 20.8 Å². The van der Waals surface area contributed by atoms with E-state index in [0.717, 1.165) is 51.4 Å². The molecular formula is C38H72N6O9. The zero-order valence-corrected chi connectivity index (χ0v) is 34.9. The number of amides is 5. The molecule has 4 N–H and O–H groups in total. The highest BCUT2D eigenvalue weighted by Gasteiger charge is 2.23. The van der Waals surface area contributed by atoms with Crippen LogP contribution in [0.25, 0.3) is 0 Å². The topological polar surface area (TPSA) is 186 Å². The van der Waals surface area contributed by atoms with Crippen LogP contribution < -0.4 is 21.3 Å². The number of ether oxygens (including phenoxy) is 4. The second-order valence-electron chi connectivity index (χ2n) is 17.0. The summed E-state index contributed by atoms with van der Waals surface area (Å²) in [6.07, 6.45) is 6.67. The summed E-state index contributed by atoms with van der Waals surface area (Å²) in [5.41, 5.74) is -2.60. The summed E-state index contributed by atoms with van der Waals surface area (Å²) in [5, 5.41) is 10.7. The van der Waals surface area contributed by atoms with Gasteiger partial charge in [0.25, 0.3) is 0 Å². The van der Waals surface area contributed by atoms with E-state index in [4.69, 9.17) is 18.9 Å². The molecule has 0 bridgehead atoms. The number of carbonyl (C=O) groups excluding carboxylic acids is 5. The average Bonchev–Trinajstić information content (AvgIpc) is 2.95. The molecule has 0 aliphatic heterocycles. The molecule has 0 rings (SSSR count). The number of aliphatic imine (C=N–C) groups is 1.